The number of hydrogen-bond acceptors (Lipinski definition) is 4. The van der Waals surface area contributed by atoms with Crippen molar-refractivity contribution in [1.82, 2.24) is 20.4 Å². The second kappa shape index (κ2) is 12.3. The normalized spacial score (nSPS) is 19.9. The molecule has 0 amide bonds. The van der Waals surface area contributed by atoms with Crippen LogP contribution in [-0.2, 0) is 4.74 Å². The fraction of sp³-hybridized carbons (Fsp3) is 0.944. The topological polar surface area (TPSA) is 52.1 Å². The van der Waals surface area contributed by atoms with Crippen molar-refractivity contribution in [2.75, 3.05) is 67.0 Å². The lowest BCUT2D eigenvalue weighted by Gasteiger charge is -2.34. The molecule has 1 heterocycles. The average molecular weight is 469 g/mol. The largest absolute Gasteiger partial charge is 0.379 e. The van der Waals surface area contributed by atoms with Crippen LogP contribution in [0.1, 0.15) is 27.7 Å². The molecule has 1 rings (SSSR count). The van der Waals surface area contributed by atoms with E-state index in [1.54, 1.807) is 7.11 Å². The SMILES string of the molecule is CN=C(NCC(C)CN1CCN(C)CC1)NCC(OC)C(C)(C)C.I. The highest BCUT2D eigenvalue weighted by Crippen LogP contribution is 2.20. The van der Waals surface area contributed by atoms with Crippen molar-refractivity contribution in [2.24, 2.45) is 16.3 Å². The van der Waals surface area contributed by atoms with Crippen molar-refractivity contribution in [3.63, 3.8) is 0 Å². The summed E-state index contributed by atoms with van der Waals surface area (Å²) in [7, 11) is 5.79. The summed E-state index contributed by atoms with van der Waals surface area (Å²) >= 11 is 0. The van der Waals surface area contributed by atoms with Crippen LogP contribution in [-0.4, -0.2) is 88.9 Å². The first kappa shape index (κ1) is 24.9. The molecule has 0 saturated carbocycles. The minimum atomic E-state index is 0. The molecule has 2 N–H and O–H groups in total. The van der Waals surface area contributed by atoms with Crippen molar-refractivity contribution < 1.29 is 4.74 Å². The lowest BCUT2D eigenvalue weighted by Crippen LogP contribution is -2.48. The van der Waals surface area contributed by atoms with E-state index in [9.17, 15) is 0 Å². The van der Waals surface area contributed by atoms with Gasteiger partial charge in [-0.3, -0.25) is 4.99 Å². The molecule has 2 atom stereocenters. The van der Waals surface area contributed by atoms with Crippen LogP contribution in [0.5, 0.6) is 0 Å². The molecule has 1 saturated heterocycles. The Bertz CT molecular complexity index is 378. The smallest absolute Gasteiger partial charge is 0.191 e. The molecule has 6 nitrogen and oxygen atoms in total. The summed E-state index contributed by atoms with van der Waals surface area (Å²) in [5.74, 6) is 1.44. The maximum absolute atomic E-state index is 5.59. The van der Waals surface area contributed by atoms with Gasteiger partial charge >= 0.3 is 0 Å². The Morgan fingerprint density at radius 3 is 2.16 bits per heavy atom. The maximum atomic E-state index is 5.59. The predicted molar refractivity (Wildman–Crippen MR) is 118 cm³/mol. The zero-order valence-corrected chi connectivity index (χ0v) is 19.6. The summed E-state index contributed by atoms with van der Waals surface area (Å²) in [6.45, 7) is 16.4. The fourth-order valence-electron chi connectivity index (χ4n) is 2.96. The molecule has 150 valence electrons. The Hall–Kier alpha value is -0.120. The molecule has 0 aliphatic carbocycles. The van der Waals surface area contributed by atoms with Crippen LogP contribution >= 0.6 is 24.0 Å². The van der Waals surface area contributed by atoms with Gasteiger partial charge < -0.3 is 25.2 Å². The Balaban J connectivity index is 0.00000576. The van der Waals surface area contributed by atoms with Crippen molar-refractivity contribution in [1.29, 1.82) is 0 Å². The third-order valence-corrected chi connectivity index (χ3v) is 4.71. The molecular weight excluding hydrogens is 429 g/mol. The summed E-state index contributed by atoms with van der Waals surface area (Å²) in [5, 5.41) is 6.83. The summed E-state index contributed by atoms with van der Waals surface area (Å²) in [4.78, 5) is 9.28. The minimum Gasteiger partial charge on any atom is -0.379 e. The van der Waals surface area contributed by atoms with Crippen molar-refractivity contribution in [2.45, 2.75) is 33.8 Å². The van der Waals surface area contributed by atoms with Gasteiger partial charge in [-0.05, 0) is 18.4 Å². The number of guanidine groups is 1. The van der Waals surface area contributed by atoms with Gasteiger partial charge in [-0.2, -0.15) is 0 Å². The Morgan fingerprint density at radius 2 is 1.68 bits per heavy atom. The number of aliphatic imine (C=N–C) groups is 1. The maximum Gasteiger partial charge on any atom is 0.191 e. The zero-order valence-electron chi connectivity index (χ0n) is 17.3. The van der Waals surface area contributed by atoms with Crippen LogP contribution in [0.3, 0.4) is 0 Å². The van der Waals surface area contributed by atoms with E-state index in [1.807, 2.05) is 7.05 Å². The fourth-order valence-corrected chi connectivity index (χ4v) is 2.96. The summed E-state index contributed by atoms with van der Waals surface area (Å²) in [6, 6.07) is 0. The summed E-state index contributed by atoms with van der Waals surface area (Å²) in [5.41, 5.74) is 0.106. The van der Waals surface area contributed by atoms with Gasteiger partial charge in [-0.15, -0.1) is 24.0 Å². The summed E-state index contributed by atoms with van der Waals surface area (Å²) < 4.78 is 5.59. The van der Waals surface area contributed by atoms with Crippen molar-refractivity contribution in [3.8, 4) is 0 Å². The molecule has 1 fully saturated rings. The van der Waals surface area contributed by atoms with Crippen LogP contribution in [0.4, 0.5) is 0 Å². The van der Waals surface area contributed by atoms with E-state index in [4.69, 9.17) is 4.74 Å². The van der Waals surface area contributed by atoms with E-state index >= 15 is 0 Å². The number of nitrogens with one attached hydrogen (secondary N) is 2. The third kappa shape index (κ3) is 9.96. The Labute approximate surface area is 172 Å². The third-order valence-electron chi connectivity index (χ3n) is 4.71. The number of methoxy groups -OCH3 is 1. The highest BCUT2D eigenvalue weighted by Gasteiger charge is 2.24. The van der Waals surface area contributed by atoms with E-state index in [2.05, 4.69) is 60.2 Å². The second-order valence-electron chi connectivity index (χ2n) is 8.13. The first-order chi connectivity index (χ1) is 11.3. The highest BCUT2D eigenvalue weighted by atomic mass is 127. The van der Waals surface area contributed by atoms with Gasteiger partial charge in [0.1, 0.15) is 0 Å². The molecule has 0 bridgehead atoms. The zero-order chi connectivity index (χ0) is 18.2. The average Bonchev–Trinajstić information content (AvgIpc) is 2.51. The first-order valence-corrected chi connectivity index (χ1v) is 9.14. The van der Waals surface area contributed by atoms with Crippen LogP contribution in [0.25, 0.3) is 0 Å². The molecule has 2 unspecified atom stereocenters. The van der Waals surface area contributed by atoms with Crippen LogP contribution < -0.4 is 10.6 Å². The highest BCUT2D eigenvalue weighted by molar-refractivity contribution is 14.0. The molecule has 1 aliphatic heterocycles. The van der Waals surface area contributed by atoms with Crippen LogP contribution in [0.2, 0.25) is 0 Å². The predicted octanol–water partition coefficient (Wildman–Crippen LogP) is 1.71. The van der Waals surface area contributed by atoms with Gasteiger partial charge in [0.15, 0.2) is 5.96 Å². The number of nitrogens with zero attached hydrogens (tertiary/aromatic N) is 3. The van der Waals surface area contributed by atoms with E-state index in [0.717, 1.165) is 25.6 Å². The lowest BCUT2D eigenvalue weighted by molar-refractivity contribution is 0.0205. The molecule has 7 heteroatoms. The van der Waals surface area contributed by atoms with Gasteiger partial charge in [-0.25, -0.2) is 0 Å². The standard InChI is InChI=1S/C18H39N5O.HI/c1-15(14-23-10-8-22(6)9-11-23)12-20-17(19-5)21-13-16(24-7)18(2,3)4;/h15-16H,8-14H2,1-7H3,(H2,19,20,21);1H. The summed E-state index contributed by atoms with van der Waals surface area (Å²) in [6.07, 6.45) is 0.152. The lowest BCUT2D eigenvalue weighted by atomic mass is 9.89. The first-order valence-electron chi connectivity index (χ1n) is 9.14. The quantitative estimate of drug-likeness (QED) is 0.338. The van der Waals surface area contributed by atoms with E-state index in [1.165, 1.54) is 26.2 Å². The van der Waals surface area contributed by atoms with E-state index in [-0.39, 0.29) is 35.5 Å². The van der Waals surface area contributed by atoms with Gasteiger partial charge in [-0.1, -0.05) is 27.7 Å². The molecule has 25 heavy (non-hydrogen) atoms. The molecule has 0 spiro atoms. The number of rotatable bonds is 7. The molecular formula is C18H40IN5O. The van der Waals surface area contributed by atoms with E-state index in [0.29, 0.717) is 5.92 Å². The van der Waals surface area contributed by atoms with Crippen molar-refractivity contribution in [3.05, 3.63) is 0 Å². The Morgan fingerprint density at radius 1 is 1.12 bits per heavy atom. The second-order valence-corrected chi connectivity index (χ2v) is 8.13. The van der Waals surface area contributed by atoms with Gasteiger partial charge in [0, 0.05) is 60.0 Å². The number of halogens is 1. The number of hydrogen-bond donors (Lipinski definition) is 2. The molecule has 0 aromatic heterocycles. The molecule has 0 aromatic carbocycles. The molecule has 0 aromatic rings. The van der Waals surface area contributed by atoms with E-state index < -0.39 is 0 Å². The van der Waals surface area contributed by atoms with Crippen LogP contribution in [0.15, 0.2) is 4.99 Å². The van der Waals surface area contributed by atoms with Gasteiger partial charge in [0.05, 0.1) is 6.10 Å². The number of likely N-dealkylation sites (N-methyl/N-ethyl adjacent to an activating group) is 1. The Kier molecular flexibility index (Phi) is 12.2. The van der Waals surface area contributed by atoms with Crippen LogP contribution in [0, 0.1) is 11.3 Å². The number of ether oxygens (including phenoxy) is 1. The minimum absolute atomic E-state index is 0. The monoisotopic (exact) mass is 469 g/mol. The van der Waals surface area contributed by atoms with Crippen molar-refractivity contribution >= 4 is 29.9 Å². The number of piperazine rings is 1. The molecule has 0 radical (unpaired) electrons. The molecule has 1 aliphatic rings. The van der Waals surface area contributed by atoms with Gasteiger partial charge in [0.2, 0.25) is 0 Å². The van der Waals surface area contributed by atoms with Gasteiger partial charge in [0.25, 0.3) is 0 Å².